The first-order valence-corrected chi connectivity index (χ1v) is 7.75. The SMILES string of the molecule is CCOc1ccc2nc(NC3=N[C@@H](CC(=O)O)C(=O)N3)nc(C)c2c1. The number of ether oxygens (including phenoxy) is 1. The third kappa shape index (κ3) is 3.65. The van der Waals surface area contributed by atoms with Gasteiger partial charge in [-0.3, -0.25) is 20.2 Å². The maximum atomic E-state index is 11.7. The van der Waals surface area contributed by atoms with Crippen LogP contribution in [0.4, 0.5) is 5.95 Å². The molecule has 130 valence electrons. The number of carbonyl (C=O) groups is 2. The fraction of sp³-hybridized carbons (Fsp3) is 0.312. The highest BCUT2D eigenvalue weighted by molar-refractivity contribution is 6.10. The zero-order chi connectivity index (χ0) is 18.0. The van der Waals surface area contributed by atoms with E-state index in [1.807, 2.05) is 32.0 Å². The number of rotatable bonds is 5. The molecular formula is C16H17N5O4. The molecule has 3 N–H and O–H groups in total. The molecule has 2 heterocycles. The van der Waals surface area contributed by atoms with E-state index in [0.29, 0.717) is 12.1 Å². The van der Waals surface area contributed by atoms with Crippen LogP contribution in [0.25, 0.3) is 10.9 Å². The smallest absolute Gasteiger partial charge is 0.306 e. The highest BCUT2D eigenvalue weighted by Crippen LogP contribution is 2.23. The monoisotopic (exact) mass is 343 g/mol. The number of benzene rings is 1. The molecule has 9 heteroatoms. The maximum absolute atomic E-state index is 11.7. The number of carbonyl (C=O) groups excluding carboxylic acids is 1. The van der Waals surface area contributed by atoms with Crippen LogP contribution in [0.1, 0.15) is 19.0 Å². The van der Waals surface area contributed by atoms with E-state index in [1.165, 1.54) is 0 Å². The summed E-state index contributed by atoms with van der Waals surface area (Å²) in [6.45, 7) is 4.32. The molecule has 1 atom stereocenters. The fourth-order valence-corrected chi connectivity index (χ4v) is 2.49. The predicted octanol–water partition coefficient (Wildman–Crippen LogP) is 1.08. The number of carboxylic acids is 1. The molecule has 25 heavy (non-hydrogen) atoms. The lowest BCUT2D eigenvalue weighted by Crippen LogP contribution is -2.33. The second-order valence-corrected chi connectivity index (χ2v) is 5.45. The molecule has 0 bridgehead atoms. The molecule has 0 saturated carbocycles. The Morgan fingerprint density at radius 1 is 1.40 bits per heavy atom. The van der Waals surface area contributed by atoms with E-state index in [0.717, 1.165) is 16.8 Å². The van der Waals surface area contributed by atoms with Gasteiger partial charge in [-0.1, -0.05) is 0 Å². The van der Waals surface area contributed by atoms with Crippen molar-refractivity contribution in [1.82, 2.24) is 15.3 Å². The molecule has 1 amide bonds. The largest absolute Gasteiger partial charge is 0.494 e. The molecule has 0 radical (unpaired) electrons. The minimum absolute atomic E-state index is 0.140. The van der Waals surface area contributed by atoms with Crippen molar-refractivity contribution in [1.29, 1.82) is 0 Å². The first kappa shape index (κ1) is 16.6. The van der Waals surface area contributed by atoms with E-state index in [-0.39, 0.29) is 18.3 Å². The zero-order valence-corrected chi connectivity index (χ0v) is 13.7. The first-order valence-electron chi connectivity index (χ1n) is 7.75. The summed E-state index contributed by atoms with van der Waals surface area (Å²) in [6.07, 6.45) is -0.366. The summed E-state index contributed by atoms with van der Waals surface area (Å²) in [5.41, 5.74) is 1.45. The second kappa shape index (κ2) is 6.71. The van der Waals surface area contributed by atoms with E-state index in [4.69, 9.17) is 9.84 Å². The van der Waals surface area contributed by atoms with E-state index >= 15 is 0 Å². The highest BCUT2D eigenvalue weighted by atomic mass is 16.5. The molecule has 1 aliphatic heterocycles. The minimum atomic E-state index is -1.09. The average molecular weight is 343 g/mol. The van der Waals surface area contributed by atoms with Crippen molar-refractivity contribution < 1.29 is 19.4 Å². The van der Waals surface area contributed by atoms with Gasteiger partial charge in [0.05, 0.1) is 24.2 Å². The van der Waals surface area contributed by atoms with E-state index < -0.39 is 17.9 Å². The Kier molecular flexibility index (Phi) is 4.46. The van der Waals surface area contributed by atoms with Crippen molar-refractivity contribution in [3.8, 4) is 5.75 Å². The Labute approximate surface area is 143 Å². The summed E-state index contributed by atoms with van der Waals surface area (Å²) >= 11 is 0. The van der Waals surface area contributed by atoms with Crippen LogP contribution in [0.2, 0.25) is 0 Å². The van der Waals surface area contributed by atoms with Crippen LogP contribution in [-0.4, -0.2) is 45.6 Å². The number of aliphatic carboxylic acids is 1. The van der Waals surface area contributed by atoms with Gasteiger partial charge in [-0.05, 0) is 32.0 Å². The topological polar surface area (TPSA) is 126 Å². The van der Waals surface area contributed by atoms with Crippen molar-refractivity contribution in [3.05, 3.63) is 23.9 Å². The molecule has 0 fully saturated rings. The number of nitrogens with zero attached hydrogens (tertiary/aromatic N) is 3. The summed E-state index contributed by atoms with van der Waals surface area (Å²) < 4.78 is 5.48. The molecule has 0 saturated heterocycles. The lowest BCUT2D eigenvalue weighted by atomic mass is 10.2. The van der Waals surface area contributed by atoms with Crippen LogP contribution < -0.4 is 15.4 Å². The highest BCUT2D eigenvalue weighted by Gasteiger charge is 2.28. The van der Waals surface area contributed by atoms with E-state index in [1.54, 1.807) is 0 Å². The third-order valence-electron chi connectivity index (χ3n) is 3.60. The molecule has 0 spiro atoms. The van der Waals surface area contributed by atoms with Crippen molar-refractivity contribution in [2.75, 3.05) is 11.9 Å². The fourth-order valence-electron chi connectivity index (χ4n) is 2.49. The molecule has 3 rings (SSSR count). The molecule has 2 aromatic rings. The number of aromatic nitrogens is 2. The number of carboxylic acid groups (broad SMARTS) is 1. The van der Waals surface area contributed by atoms with Crippen LogP contribution in [0.3, 0.4) is 0 Å². The Morgan fingerprint density at radius 2 is 2.20 bits per heavy atom. The summed E-state index contributed by atoms with van der Waals surface area (Å²) in [5, 5.41) is 14.9. The number of aliphatic imine (C=N–C) groups is 1. The van der Waals surface area contributed by atoms with E-state index in [2.05, 4.69) is 25.6 Å². The number of aryl methyl sites for hydroxylation is 1. The van der Waals surface area contributed by atoms with Crippen molar-refractivity contribution in [3.63, 3.8) is 0 Å². The van der Waals surface area contributed by atoms with Gasteiger partial charge in [-0.15, -0.1) is 0 Å². The summed E-state index contributed by atoms with van der Waals surface area (Å²) in [6, 6.07) is 4.56. The summed E-state index contributed by atoms with van der Waals surface area (Å²) in [5.74, 6) is -0.409. The van der Waals surface area contributed by atoms with Gasteiger partial charge in [0.2, 0.25) is 11.9 Å². The van der Waals surface area contributed by atoms with Crippen LogP contribution >= 0.6 is 0 Å². The third-order valence-corrected chi connectivity index (χ3v) is 3.60. The van der Waals surface area contributed by atoms with Crippen molar-refractivity contribution in [2.24, 2.45) is 4.99 Å². The summed E-state index contributed by atoms with van der Waals surface area (Å²) in [4.78, 5) is 35.2. The Morgan fingerprint density at radius 3 is 2.92 bits per heavy atom. The quantitative estimate of drug-likeness (QED) is 0.741. The van der Waals surface area contributed by atoms with Crippen LogP contribution in [-0.2, 0) is 9.59 Å². The van der Waals surface area contributed by atoms with Crippen molar-refractivity contribution >= 4 is 34.7 Å². The predicted molar refractivity (Wildman–Crippen MR) is 90.7 cm³/mol. The van der Waals surface area contributed by atoms with Gasteiger partial charge in [0, 0.05) is 5.39 Å². The van der Waals surface area contributed by atoms with Crippen LogP contribution in [0, 0.1) is 6.92 Å². The number of anilines is 1. The standard InChI is InChI=1S/C16H17N5O4/c1-3-25-9-4-5-11-10(6-9)8(2)17-15(18-11)21-16-19-12(7-13(22)23)14(24)20-16/h4-6,12H,3,7H2,1-2H3,(H,22,23)(H2,17,18,19,20,21,24)/t12-/m0/s1. The first-order chi connectivity index (χ1) is 12.0. The van der Waals surface area contributed by atoms with Crippen molar-refractivity contribution in [2.45, 2.75) is 26.3 Å². The van der Waals surface area contributed by atoms with Gasteiger partial charge in [0.25, 0.3) is 5.91 Å². The van der Waals surface area contributed by atoms with Crippen LogP contribution in [0.15, 0.2) is 23.2 Å². The zero-order valence-electron chi connectivity index (χ0n) is 13.7. The average Bonchev–Trinajstić information content (AvgIpc) is 2.87. The number of guanidine groups is 1. The van der Waals surface area contributed by atoms with E-state index in [9.17, 15) is 9.59 Å². The van der Waals surface area contributed by atoms with Crippen LogP contribution in [0.5, 0.6) is 5.75 Å². The van der Waals surface area contributed by atoms with Gasteiger partial charge in [-0.2, -0.15) is 0 Å². The van der Waals surface area contributed by atoms with Gasteiger partial charge < -0.3 is 9.84 Å². The van der Waals surface area contributed by atoms with Gasteiger partial charge in [0.1, 0.15) is 11.8 Å². The molecule has 0 unspecified atom stereocenters. The molecule has 1 aromatic heterocycles. The lowest BCUT2D eigenvalue weighted by molar-refractivity contribution is -0.139. The molecule has 9 nitrogen and oxygen atoms in total. The number of hydrogen-bond donors (Lipinski definition) is 3. The number of amides is 1. The summed E-state index contributed by atoms with van der Waals surface area (Å²) in [7, 11) is 0. The molecule has 1 aromatic carbocycles. The van der Waals surface area contributed by atoms with Gasteiger partial charge in [-0.25, -0.2) is 15.0 Å². The van der Waals surface area contributed by atoms with Gasteiger partial charge >= 0.3 is 5.97 Å². The normalized spacial score (nSPS) is 16.5. The number of nitrogens with one attached hydrogen (secondary N) is 2. The lowest BCUT2D eigenvalue weighted by Gasteiger charge is -2.09. The Hall–Kier alpha value is -3.23. The molecular weight excluding hydrogens is 326 g/mol. The maximum Gasteiger partial charge on any atom is 0.306 e. The Bertz CT molecular complexity index is 880. The number of fused-ring (bicyclic) bond motifs is 1. The molecule has 0 aliphatic carbocycles. The van der Waals surface area contributed by atoms with Gasteiger partial charge in [0.15, 0.2) is 0 Å². The minimum Gasteiger partial charge on any atom is -0.494 e. The molecule has 1 aliphatic rings. The second-order valence-electron chi connectivity index (χ2n) is 5.45. The Balaban J connectivity index is 1.84. The number of hydrogen-bond acceptors (Lipinski definition) is 7.